The van der Waals surface area contributed by atoms with Crippen molar-refractivity contribution in [1.29, 1.82) is 0 Å². The first-order valence-corrected chi connectivity index (χ1v) is 6.66. The molecule has 1 aliphatic rings. The lowest BCUT2D eigenvalue weighted by atomic mass is 9.97. The number of ether oxygens (including phenoxy) is 1. The number of nitrogens with one attached hydrogen (secondary N) is 2. The Bertz CT molecular complexity index is 353. The molecular weight excluding hydrogens is 228 g/mol. The lowest BCUT2D eigenvalue weighted by Gasteiger charge is -2.21. The highest BCUT2D eigenvalue weighted by Gasteiger charge is 2.12. The summed E-state index contributed by atoms with van der Waals surface area (Å²) >= 11 is 0. The summed E-state index contributed by atoms with van der Waals surface area (Å²) < 4.78 is 5.36. The number of hydrogen-bond acceptors (Lipinski definition) is 5. The first kappa shape index (κ1) is 13.2. The van der Waals surface area contributed by atoms with Gasteiger partial charge in [-0.15, -0.1) is 0 Å². The molecule has 0 saturated carbocycles. The fourth-order valence-corrected chi connectivity index (χ4v) is 2.18. The van der Waals surface area contributed by atoms with Crippen LogP contribution in [-0.2, 0) is 11.3 Å². The van der Waals surface area contributed by atoms with Crippen LogP contribution in [0.2, 0.25) is 0 Å². The maximum Gasteiger partial charge on any atom is 0.144 e. The molecule has 0 atom stereocenters. The smallest absolute Gasteiger partial charge is 0.144 e. The molecule has 0 aromatic carbocycles. The maximum absolute atomic E-state index is 5.36. The van der Waals surface area contributed by atoms with Crippen LogP contribution < -0.4 is 10.6 Å². The average Bonchev–Trinajstić information content (AvgIpc) is 2.41. The molecule has 2 rings (SSSR count). The van der Waals surface area contributed by atoms with Gasteiger partial charge >= 0.3 is 0 Å². The van der Waals surface area contributed by atoms with Gasteiger partial charge in [-0.1, -0.05) is 0 Å². The Kier molecular flexibility index (Phi) is 5.36. The molecule has 2 heterocycles. The van der Waals surface area contributed by atoms with Crippen molar-refractivity contribution in [1.82, 2.24) is 15.3 Å². The van der Waals surface area contributed by atoms with E-state index in [2.05, 4.69) is 20.6 Å². The lowest BCUT2D eigenvalue weighted by Crippen LogP contribution is -2.19. The van der Waals surface area contributed by atoms with Gasteiger partial charge in [0.1, 0.15) is 11.6 Å². The Morgan fingerprint density at radius 3 is 3.00 bits per heavy atom. The maximum atomic E-state index is 5.36. The van der Waals surface area contributed by atoms with Crippen molar-refractivity contribution in [3.63, 3.8) is 0 Å². The van der Waals surface area contributed by atoms with E-state index in [1.807, 2.05) is 13.1 Å². The molecule has 1 saturated heterocycles. The normalized spacial score (nSPS) is 16.7. The third kappa shape index (κ3) is 4.23. The van der Waals surface area contributed by atoms with Gasteiger partial charge < -0.3 is 15.4 Å². The summed E-state index contributed by atoms with van der Waals surface area (Å²) in [4.78, 5) is 8.63. The third-order valence-corrected chi connectivity index (χ3v) is 3.24. The number of hydrogen-bond donors (Lipinski definition) is 2. The Balaban J connectivity index is 1.73. The van der Waals surface area contributed by atoms with E-state index in [1.165, 1.54) is 19.3 Å². The van der Waals surface area contributed by atoms with Gasteiger partial charge in [0.15, 0.2) is 0 Å². The van der Waals surface area contributed by atoms with Crippen LogP contribution >= 0.6 is 0 Å². The van der Waals surface area contributed by atoms with Crippen LogP contribution in [0.5, 0.6) is 0 Å². The summed E-state index contributed by atoms with van der Waals surface area (Å²) in [5, 5.41) is 6.42. The number of anilines is 1. The molecule has 5 nitrogen and oxygen atoms in total. The fraction of sp³-hybridized carbons (Fsp3) is 0.692. The Labute approximate surface area is 108 Å². The number of aromatic nitrogens is 2. The third-order valence-electron chi connectivity index (χ3n) is 3.24. The predicted molar refractivity (Wildman–Crippen MR) is 71.4 cm³/mol. The van der Waals surface area contributed by atoms with E-state index >= 15 is 0 Å². The summed E-state index contributed by atoms with van der Waals surface area (Å²) in [5.74, 6) is 2.54. The molecule has 1 aromatic heterocycles. The zero-order valence-corrected chi connectivity index (χ0v) is 11.0. The van der Waals surface area contributed by atoms with Gasteiger partial charge in [0.05, 0.1) is 6.54 Å². The Hall–Kier alpha value is -1.20. The Morgan fingerprint density at radius 1 is 1.39 bits per heavy atom. The summed E-state index contributed by atoms with van der Waals surface area (Å²) in [5.41, 5.74) is 0. The van der Waals surface area contributed by atoms with E-state index in [9.17, 15) is 0 Å². The van der Waals surface area contributed by atoms with Crippen molar-refractivity contribution in [2.24, 2.45) is 5.92 Å². The van der Waals surface area contributed by atoms with Crippen LogP contribution in [0.3, 0.4) is 0 Å². The monoisotopic (exact) mass is 250 g/mol. The molecule has 1 aromatic rings. The van der Waals surface area contributed by atoms with Crippen molar-refractivity contribution in [2.75, 3.05) is 32.1 Å². The van der Waals surface area contributed by atoms with E-state index in [-0.39, 0.29) is 0 Å². The van der Waals surface area contributed by atoms with Crippen molar-refractivity contribution in [2.45, 2.75) is 25.8 Å². The zero-order valence-electron chi connectivity index (χ0n) is 11.0. The van der Waals surface area contributed by atoms with E-state index in [0.29, 0.717) is 6.54 Å². The molecule has 1 fully saturated rings. The predicted octanol–water partition coefficient (Wildman–Crippen LogP) is 1.42. The summed E-state index contributed by atoms with van der Waals surface area (Å²) in [6.07, 6.45) is 5.37. The van der Waals surface area contributed by atoms with Crippen molar-refractivity contribution in [3.8, 4) is 0 Å². The second-order valence-electron chi connectivity index (χ2n) is 4.66. The highest BCUT2D eigenvalue weighted by Crippen LogP contribution is 2.18. The van der Waals surface area contributed by atoms with E-state index in [4.69, 9.17) is 4.74 Å². The number of rotatable bonds is 6. The van der Waals surface area contributed by atoms with E-state index < -0.39 is 0 Å². The standard InChI is InChI=1S/C13H22N4O/c1-14-10-13-16-7-3-12(17-13)15-6-2-11-4-8-18-9-5-11/h3,7,11,14H,2,4-6,8-10H2,1H3,(H,15,16,17). The molecule has 2 N–H and O–H groups in total. The van der Waals surface area contributed by atoms with Gasteiger partial charge in [-0.2, -0.15) is 0 Å². The highest BCUT2D eigenvalue weighted by molar-refractivity contribution is 5.32. The second-order valence-corrected chi connectivity index (χ2v) is 4.66. The van der Waals surface area contributed by atoms with E-state index in [1.54, 1.807) is 6.20 Å². The second kappa shape index (κ2) is 7.28. The molecule has 0 bridgehead atoms. The van der Waals surface area contributed by atoms with Gasteiger partial charge in [-0.3, -0.25) is 0 Å². The molecule has 5 heteroatoms. The van der Waals surface area contributed by atoms with Crippen LogP contribution in [-0.4, -0.2) is 36.8 Å². The van der Waals surface area contributed by atoms with Crippen molar-refractivity contribution >= 4 is 5.82 Å². The molecule has 0 amide bonds. The minimum atomic E-state index is 0.704. The fourth-order valence-electron chi connectivity index (χ4n) is 2.18. The van der Waals surface area contributed by atoms with Crippen LogP contribution in [0.15, 0.2) is 12.3 Å². The highest BCUT2D eigenvalue weighted by atomic mass is 16.5. The van der Waals surface area contributed by atoms with Gasteiger partial charge in [0.25, 0.3) is 0 Å². The van der Waals surface area contributed by atoms with E-state index in [0.717, 1.165) is 37.3 Å². The first-order chi connectivity index (χ1) is 8.88. The largest absolute Gasteiger partial charge is 0.381 e. The minimum Gasteiger partial charge on any atom is -0.381 e. The minimum absolute atomic E-state index is 0.704. The van der Waals surface area contributed by atoms with Crippen LogP contribution in [0, 0.1) is 5.92 Å². The van der Waals surface area contributed by atoms with Gasteiger partial charge in [-0.25, -0.2) is 9.97 Å². The van der Waals surface area contributed by atoms with Crippen LogP contribution in [0.4, 0.5) is 5.82 Å². The SMILES string of the molecule is CNCc1nccc(NCCC2CCOCC2)n1. The van der Waals surface area contributed by atoms with Crippen molar-refractivity contribution < 1.29 is 4.74 Å². The first-order valence-electron chi connectivity index (χ1n) is 6.66. The molecule has 0 radical (unpaired) electrons. The Morgan fingerprint density at radius 2 is 2.22 bits per heavy atom. The molecule has 0 unspecified atom stereocenters. The van der Waals surface area contributed by atoms with Crippen LogP contribution in [0.1, 0.15) is 25.1 Å². The van der Waals surface area contributed by atoms with Gasteiger partial charge in [0, 0.05) is 26.0 Å². The molecule has 0 aliphatic carbocycles. The molecule has 1 aliphatic heterocycles. The molecular formula is C13H22N4O. The molecule has 0 spiro atoms. The van der Waals surface area contributed by atoms with Gasteiger partial charge in [0.2, 0.25) is 0 Å². The lowest BCUT2D eigenvalue weighted by molar-refractivity contribution is 0.0649. The van der Waals surface area contributed by atoms with Crippen LogP contribution in [0.25, 0.3) is 0 Å². The quantitative estimate of drug-likeness (QED) is 0.799. The summed E-state index contributed by atoms with van der Waals surface area (Å²) in [6, 6.07) is 1.92. The summed E-state index contributed by atoms with van der Waals surface area (Å²) in [7, 11) is 1.90. The van der Waals surface area contributed by atoms with Crippen molar-refractivity contribution in [3.05, 3.63) is 18.1 Å². The average molecular weight is 250 g/mol. The molecule has 18 heavy (non-hydrogen) atoms. The van der Waals surface area contributed by atoms with Gasteiger partial charge in [-0.05, 0) is 38.3 Å². The topological polar surface area (TPSA) is 59.1 Å². The number of nitrogens with zero attached hydrogens (tertiary/aromatic N) is 2. The summed E-state index contributed by atoms with van der Waals surface area (Å²) in [6.45, 7) is 3.52. The molecule has 100 valence electrons. The zero-order chi connectivity index (χ0) is 12.6.